The maximum Gasteiger partial charge on any atom is 0.276 e. The summed E-state index contributed by atoms with van der Waals surface area (Å²) >= 11 is 0. The van der Waals surface area contributed by atoms with Crippen LogP contribution in [-0.2, 0) is 19.7 Å². The topological polar surface area (TPSA) is 76.6 Å². The van der Waals surface area contributed by atoms with Gasteiger partial charge in [0, 0.05) is 51.0 Å². The Morgan fingerprint density at radius 2 is 1.88 bits per heavy atom. The van der Waals surface area contributed by atoms with E-state index in [1.165, 1.54) is 11.1 Å². The molecule has 3 aromatic rings. The Hall–Kier alpha value is -3.13. The Morgan fingerprint density at radius 3 is 2.58 bits per heavy atom. The number of benzene rings is 1. The first kappa shape index (κ1) is 23.0. The number of aryl methyl sites for hydroxylation is 4. The number of ether oxygens (including phenoxy) is 1. The average molecular weight is 452 g/mol. The Bertz CT molecular complexity index is 1130. The lowest BCUT2D eigenvalue weighted by Crippen LogP contribution is -2.48. The molecular weight excluding hydrogens is 418 g/mol. The van der Waals surface area contributed by atoms with Gasteiger partial charge in [-0.1, -0.05) is 17.3 Å². The molecule has 8 heteroatoms. The molecule has 0 aliphatic carbocycles. The van der Waals surface area contributed by atoms with E-state index in [0.717, 1.165) is 43.2 Å². The number of rotatable bonds is 7. The fourth-order valence-electron chi connectivity index (χ4n) is 4.14. The molecule has 1 amide bonds. The normalized spacial score (nSPS) is 14.6. The van der Waals surface area contributed by atoms with Gasteiger partial charge in [0.1, 0.15) is 18.1 Å². The molecule has 2 aromatic heterocycles. The summed E-state index contributed by atoms with van der Waals surface area (Å²) in [6.45, 7) is 15.0. The molecule has 4 rings (SSSR count). The van der Waals surface area contributed by atoms with Gasteiger partial charge < -0.3 is 14.2 Å². The van der Waals surface area contributed by atoms with Crippen molar-refractivity contribution in [2.24, 2.45) is 0 Å². The Kier molecular flexibility index (Phi) is 6.83. The van der Waals surface area contributed by atoms with E-state index in [9.17, 15) is 4.79 Å². The van der Waals surface area contributed by atoms with Gasteiger partial charge in [-0.05, 0) is 51.8 Å². The molecule has 3 heterocycles. The highest BCUT2D eigenvalue weighted by atomic mass is 16.5. The number of nitrogens with zero attached hydrogens (tertiary/aromatic N) is 5. The van der Waals surface area contributed by atoms with E-state index in [1.54, 1.807) is 0 Å². The maximum absolute atomic E-state index is 13.2. The predicted molar refractivity (Wildman–Crippen MR) is 125 cm³/mol. The lowest BCUT2D eigenvalue weighted by Gasteiger charge is -2.34. The van der Waals surface area contributed by atoms with Gasteiger partial charge in [-0.2, -0.15) is 5.10 Å². The SMILES string of the molecule is CCn1cc(CN2CCN(C(=O)c3noc(C)c3COc3cccc(C)c3C)CC2)c(C)n1. The molecule has 1 aromatic carbocycles. The van der Waals surface area contributed by atoms with Gasteiger partial charge in [0.05, 0.1) is 11.3 Å². The largest absolute Gasteiger partial charge is 0.488 e. The zero-order valence-corrected chi connectivity index (χ0v) is 20.2. The number of hydrogen-bond donors (Lipinski definition) is 0. The Balaban J connectivity index is 1.38. The van der Waals surface area contributed by atoms with E-state index in [1.807, 2.05) is 35.6 Å². The van der Waals surface area contributed by atoms with Crippen LogP contribution in [0.2, 0.25) is 0 Å². The number of piperazine rings is 1. The number of carbonyl (C=O) groups is 1. The third kappa shape index (κ3) is 4.95. The lowest BCUT2D eigenvalue weighted by atomic mass is 10.1. The van der Waals surface area contributed by atoms with Crippen molar-refractivity contribution in [3.63, 3.8) is 0 Å². The van der Waals surface area contributed by atoms with E-state index in [-0.39, 0.29) is 12.5 Å². The zero-order chi connectivity index (χ0) is 23.5. The van der Waals surface area contributed by atoms with Gasteiger partial charge in [-0.3, -0.25) is 14.4 Å². The van der Waals surface area contributed by atoms with Crippen LogP contribution in [0.5, 0.6) is 5.75 Å². The van der Waals surface area contributed by atoms with E-state index < -0.39 is 0 Å². The molecule has 0 saturated carbocycles. The molecule has 0 N–H and O–H groups in total. The van der Waals surface area contributed by atoms with Gasteiger partial charge in [-0.15, -0.1) is 0 Å². The second-order valence-electron chi connectivity index (χ2n) is 8.72. The second kappa shape index (κ2) is 9.79. The van der Waals surface area contributed by atoms with E-state index in [4.69, 9.17) is 9.26 Å². The molecule has 0 atom stereocenters. The summed E-state index contributed by atoms with van der Waals surface area (Å²) in [6, 6.07) is 5.97. The molecule has 33 heavy (non-hydrogen) atoms. The molecule has 1 aliphatic heterocycles. The van der Waals surface area contributed by atoms with Crippen molar-refractivity contribution < 1.29 is 14.1 Å². The third-order valence-electron chi connectivity index (χ3n) is 6.54. The van der Waals surface area contributed by atoms with Crippen LogP contribution in [0.3, 0.4) is 0 Å². The van der Waals surface area contributed by atoms with Crippen LogP contribution in [0, 0.1) is 27.7 Å². The van der Waals surface area contributed by atoms with Gasteiger partial charge in [0.2, 0.25) is 0 Å². The van der Waals surface area contributed by atoms with Crippen LogP contribution in [0.25, 0.3) is 0 Å². The highest BCUT2D eigenvalue weighted by Crippen LogP contribution is 2.24. The second-order valence-corrected chi connectivity index (χ2v) is 8.72. The van der Waals surface area contributed by atoms with E-state index in [0.29, 0.717) is 30.1 Å². The summed E-state index contributed by atoms with van der Waals surface area (Å²) in [7, 11) is 0. The minimum Gasteiger partial charge on any atom is -0.488 e. The van der Waals surface area contributed by atoms with Crippen molar-refractivity contribution >= 4 is 5.91 Å². The Morgan fingerprint density at radius 1 is 1.12 bits per heavy atom. The van der Waals surface area contributed by atoms with Crippen LogP contribution in [0.15, 0.2) is 28.9 Å². The van der Waals surface area contributed by atoms with Crippen molar-refractivity contribution in [1.82, 2.24) is 24.7 Å². The summed E-state index contributed by atoms with van der Waals surface area (Å²) in [5, 5.41) is 8.62. The van der Waals surface area contributed by atoms with Crippen molar-refractivity contribution in [3.8, 4) is 5.75 Å². The first-order chi connectivity index (χ1) is 15.9. The van der Waals surface area contributed by atoms with Crippen LogP contribution < -0.4 is 4.74 Å². The Labute approximate surface area is 195 Å². The summed E-state index contributed by atoms with van der Waals surface area (Å²) in [6.07, 6.45) is 2.12. The molecule has 176 valence electrons. The molecular formula is C25H33N5O3. The lowest BCUT2D eigenvalue weighted by molar-refractivity contribution is 0.0616. The van der Waals surface area contributed by atoms with Gasteiger partial charge in [0.15, 0.2) is 5.69 Å². The highest BCUT2D eigenvalue weighted by molar-refractivity contribution is 5.93. The fraction of sp³-hybridized carbons (Fsp3) is 0.480. The van der Waals surface area contributed by atoms with Crippen LogP contribution in [0.4, 0.5) is 0 Å². The molecule has 0 unspecified atom stereocenters. The van der Waals surface area contributed by atoms with Gasteiger partial charge in [-0.25, -0.2) is 0 Å². The smallest absolute Gasteiger partial charge is 0.276 e. The van der Waals surface area contributed by atoms with Crippen molar-refractivity contribution in [1.29, 1.82) is 0 Å². The zero-order valence-electron chi connectivity index (χ0n) is 20.2. The summed E-state index contributed by atoms with van der Waals surface area (Å²) in [5.74, 6) is 1.33. The number of amides is 1. The van der Waals surface area contributed by atoms with Crippen molar-refractivity contribution in [2.45, 2.75) is 54.3 Å². The molecule has 0 radical (unpaired) electrons. The molecule has 0 spiro atoms. The summed E-state index contributed by atoms with van der Waals surface area (Å²) in [5.41, 5.74) is 5.64. The number of carbonyl (C=O) groups excluding carboxylic acids is 1. The van der Waals surface area contributed by atoms with E-state index >= 15 is 0 Å². The minimum absolute atomic E-state index is 0.0963. The summed E-state index contributed by atoms with van der Waals surface area (Å²) in [4.78, 5) is 17.5. The van der Waals surface area contributed by atoms with Gasteiger partial charge >= 0.3 is 0 Å². The van der Waals surface area contributed by atoms with Crippen LogP contribution in [0.1, 0.15) is 51.1 Å². The quantitative estimate of drug-likeness (QED) is 0.546. The molecule has 1 saturated heterocycles. The standard InChI is InChI=1S/C25H33N5O3/c1-6-30-15-21(19(4)26-30)14-28-10-12-29(13-11-28)25(31)24-22(20(5)33-27-24)16-32-23-9-7-8-17(2)18(23)3/h7-9,15H,6,10-14,16H2,1-5H3. The first-order valence-corrected chi connectivity index (χ1v) is 11.6. The fourth-order valence-corrected chi connectivity index (χ4v) is 4.14. The first-order valence-electron chi connectivity index (χ1n) is 11.6. The summed E-state index contributed by atoms with van der Waals surface area (Å²) < 4.78 is 13.4. The monoisotopic (exact) mass is 451 g/mol. The predicted octanol–water partition coefficient (Wildman–Crippen LogP) is 3.66. The molecule has 8 nitrogen and oxygen atoms in total. The van der Waals surface area contributed by atoms with Crippen LogP contribution in [-0.4, -0.2) is 56.8 Å². The number of aromatic nitrogens is 3. The van der Waals surface area contributed by atoms with E-state index in [2.05, 4.69) is 48.2 Å². The van der Waals surface area contributed by atoms with Crippen LogP contribution >= 0.6 is 0 Å². The molecule has 1 aliphatic rings. The third-order valence-corrected chi connectivity index (χ3v) is 6.54. The number of hydrogen-bond acceptors (Lipinski definition) is 6. The molecule has 0 bridgehead atoms. The van der Waals surface area contributed by atoms with Gasteiger partial charge in [0.25, 0.3) is 5.91 Å². The van der Waals surface area contributed by atoms with Crippen molar-refractivity contribution in [2.75, 3.05) is 26.2 Å². The minimum atomic E-state index is -0.0963. The highest BCUT2D eigenvalue weighted by Gasteiger charge is 2.28. The average Bonchev–Trinajstić information content (AvgIpc) is 3.36. The maximum atomic E-state index is 13.2. The van der Waals surface area contributed by atoms with Crippen molar-refractivity contribution in [3.05, 3.63) is 63.8 Å². The molecule has 1 fully saturated rings.